The molecule has 0 fully saturated rings. The highest BCUT2D eigenvalue weighted by atomic mass is 32.1. The van der Waals surface area contributed by atoms with E-state index in [9.17, 15) is 4.79 Å². The van der Waals surface area contributed by atoms with E-state index in [2.05, 4.69) is 12.6 Å². The van der Waals surface area contributed by atoms with Crippen LogP contribution in [-0.2, 0) is 0 Å². The van der Waals surface area contributed by atoms with Crippen molar-refractivity contribution >= 4 is 18.4 Å². The summed E-state index contributed by atoms with van der Waals surface area (Å²) in [5.41, 5.74) is 3.02. The minimum atomic E-state index is 0.0723. The fraction of sp³-hybridized carbons (Fsp3) is 0.300. The molecule has 0 atom stereocenters. The molecular formula is C10H12OS. The van der Waals surface area contributed by atoms with Crippen LogP contribution in [-0.4, -0.2) is 5.78 Å². The van der Waals surface area contributed by atoms with E-state index in [1.165, 1.54) is 5.56 Å². The zero-order valence-corrected chi connectivity index (χ0v) is 8.40. The molecule has 0 N–H and O–H groups in total. The van der Waals surface area contributed by atoms with Gasteiger partial charge in [0.1, 0.15) is 0 Å². The van der Waals surface area contributed by atoms with Gasteiger partial charge >= 0.3 is 0 Å². The summed E-state index contributed by atoms with van der Waals surface area (Å²) < 4.78 is 0. The lowest BCUT2D eigenvalue weighted by Crippen LogP contribution is -1.96. The van der Waals surface area contributed by atoms with Crippen LogP contribution in [0.5, 0.6) is 0 Å². The Morgan fingerprint density at radius 1 is 1.25 bits per heavy atom. The first-order valence-electron chi connectivity index (χ1n) is 3.83. The summed E-state index contributed by atoms with van der Waals surface area (Å²) in [4.78, 5) is 11.8. The molecule has 0 aliphatic heterocycles. The van der Waals surface area contributed by atoms with Gasteiger partial charge in [0.25, 0.3) is 0 Å². The molecule has 0 amide bonds. The van der Waals surface area contributed by atoms with Crippen molar-refractivity contribution in [2.75, 3.05) is 0 Å². The fourth-order valence-electron chi connectivity index (χ4n) is 1.08. The third kappa shape index (κ3) is 1.69. The molecule has 1 nitrogen and oxygen atoms in total. The summed E-state index contributed by atoms with van der Waals surface area (Å²) in [6.45, 7) is 5.57. The van der Waals surface area contributed by atoms with Gasteiger partial charge in [-0.3, -0.25) is 4.79 Å². The van der Waals surface area contributed by atoms with Crippen LogP contribution >= 0.6 is 12.6 Å². The molecule has 12 heavy (non-hydrogen) atoms. The molecule has 2 heteroatoms. The van der Waals surface area contributed by atoms with Crippen molar-refractivity contribution in [2.45, 2.75) is 25.7 Å². The number of hydrogen-bond acceptors (Lipinski definition) is 2. The van der Waals surface area contributed by atoms with Gasteiger partial charge in [-0.05, 0) is 44.0 Å². The van der Waals surface area contributed by atoms with Crippen LogP contribution in [0.4, 0.5) is 0 Å². The van der Waals surface area contributed by atoms with Crippen molar-refractivity contribution in [3.05, 3.63) is 28.8 Å². The normalized spacial score (nSPS) is 10.0. The van der Waals surface area contributed by atoms with Crippen molar-refractivity contribution < 1.29 is 4.79 Å². The van der Waals surface area contributed by atoms with E-state index < -0.39 is 0 Å². The summed E-state index contributed by atoms with van der Waals surface area (Å²) in [5.74, 6) is 0.0723. The maximum atomic E-state index is 11.1. The highest BCUT2D eigenvalue weighted by Gasteiger charge is 2.05. The molecule has 0 saturated carbocycles. The minimum absolute atomic E-state index is 0.0723. The van der Waals surface area contributed by atoms with Gasteiger partial charge in [-0.25, -0.2) is 0 Å². The number of thiol groups is 1. The summed E-state index contributed by atoms with van der Waals surface area (Å²) in [6.07, 6.45) is 0. The van der Waals surface area contributed by atoms with Crippen molar-refractivity contribution in [3.63, 3.8) is 0 Å². The molecule has 0 spiro atoms. The number of benzene rings is 1. The second-order valence-electron chi connectivity index (χ2n) is 3.01. The first-order valence-corrected chi connectivity index (χ1v) is 4.28. The minimum Gasteiger partial charge on any atom is -0.294 e. The first-order chi connectivity index (χ1) is 5.52. The Kier molecular flexibility index (Phi) is 2.58. The standard InChI is InChI=1S/C10H12OS/c1-6-4-9(8(3)11)10(12)5-7(6)2/h4-5,12H,1-3H3. The molecule has 0 radical (unpaired) electrons. The number of carbonyl (C=O) groups excluding carboxylic acids is 1. The van der Waals surface area contributed by atoms with Crippen LogP contribution in [0.1, 0.15) is 28.4 Å². The Balaban J connectivity index is 3.33. The average molecular weight is 180 g/mol. The van der Waals surface area contributed by atoms with Crippen LogP contribution in [0.2, 0.25) is 0 Å². The Morgan fingerprint density at radius 2 is 1.75 bits per heavy atom. The van der Waals surface area contributed by atoms with E-state index in [1.54, 1.807) is 6.92 Å². The lowest BCUT2D eigenvalue weighted by Gasteiger charge is -2.05. The fourth-order valence-corrected chi connectivity index (χ4v) is 1.50. The van der Waals surface area contributed by atoms with Gasteiger partial charge in [0, 0.05) is 10.5 Å². The first kappa shape index (κ1) is 9.33. The summed E-state index contributed by atoms with van der Waals surface area (Å²) in [5, 5.41) is 0. The quantitative estimate of drug-likeness (QED) is 0.519. The van der Waals surface area contributed by atoms with Gasteiger partial charge in [-0.15, -0.1) is 12.6 Å². The van der Waals surface area contributed by atoms with E-state index in [1.807, 2.05) is 26.0 Å². The topological polar surface area (TPSA) is 17.1 Å². The van der Waals surface area contributed by atoms with E-state index in [-0.39, 0.29) is 5.78 Å². The number of aryl methyl sites for hydroxylation is 2. The predicted molar refractivity (Wildman–Crippen MR) is 53.2 cm³/mol. The van der Waals surface area contributed by atoms with Crippen LogP contribution in [0.3, 0.4) is 0 Å². The van der Waals surface area contributed by atoms with E-state index >= 15 is 0 Å². The van der Waals surface area contributed by atoms with E-state index in [4.69, 9.17) is 0 Å². The lowest BCUT2D eigenvalue weighted by molar-refractivity contribution is 0.101. The second kappa shape index (κ2) is 3.31. The third-order valence-corrected chi connectivity index (χ3v) is 2.36. The molecule has 1 aromatic rings. The SMILES string of the molecule is CC(=O)c1cc(C)c(C)cc1S. The van der Waals surface area contributed by atoms with Crippen LogP contribution in [0, 0.1) is 13.8 Å². The van der Waals surface area contributed by atoms with Gasteiger partial charge in [0.2, 0.25) is 0 Å². The van der Waals surface area contributed by atoms with Crippen molar-refractivity contribution in [1.29, 1.82) is 0 Å². The van der Waals surface area contributed by atoms with Gasteiger partial charge in [0.15, 0.2) is 5.78 Å². The molecule has 0 aliphatic rings. The molecule has 64 valence electrons. The number of rotatable bonds is 1. The average Bonchev–Trinajstić information content (AvgIpc) is 1.96. The molecule has 0 aliphatic carbocycles. The monoisotopic (exact) mass is 180 g/mol. The van der Waals surface area contributed by atoms with Crippen molar-refractivity contribution in [2.24, 2.45) is 0 Å². The summed E-state index contributed by atoms with van der Waals surface area (Å²) in [6, 6.07) is 3.81. The number of hydrogen-bond donors (Lipinski definition) is 1. The Bertz CT molecular complexity index is 329. The maximum absolute atomic E-state index is 11.1. The molecule has 0 bridgehead atoms. The van der Waals surface area contributed by atoms with Crippen LogP contribution in [0.25, 0.3) is 0 Å². The van der Waals surface area contributed by atoms with Crippen LogP contribution < -0.4 is 0 Å². The zero-order valence-electron chi connectivity index (χ0n) is 7.51. The molecule has 0 saturated heterocycles. The second-order valence-corrected chi connectivity index (χ2v) is 3.49. The molecule has 0 aromatic heterocycles. The van der Waals surface area contributed by atoms with Gasteiger partial charge in [-0.1, -0.05) is 0 Å². The van der Waals surface area contributed by atoms with Crippen LogP contribution in [0.15, 0.2) is 17.0 Å². The van der Waals surface area contributed by atoms with Gasteiger partial charge in [-0.2, -0.15) is 0 Å². The molecule has 1 rings (SSSR count). The highest BCUT2D eigenvalue weighted by molar-refractivity contribution is 7.80. The van der Waals surface area contributed by atoms with E-state index in [0.717, 1.165) is 10.5 Å². The number of ketones is 1. The Hall–Kier alpha value is -0.760. The van der Waals surface area contributed by atoms with Crippen molar-refractivity contribution in [1.82, 2.24) is 0 Å². The maximum Gasteiger partial charge on any atom is 0.160 e. The molecule has 0 unspecified atom stereocenters. The van der Waals surface area contributed by atoms with Crippen molar-refractivity contribution in [3.8, 4) is 0 Å². The predicted octanol–water partition coefficient (Wildman–Crippen LogP) is 2.79. The smallest absolute Gasteiger partial charge is 0.160 e. The third-order valence-electron chi connectivity index (χ3n) is 1.99. The summed E-state index contributed by atoms with van der Waals surface area (Å²) >= 11 is 4.23. The molecular weight excluding hydrogens is 168 g/mol. The largest absolute Gasteiger partial charge is 0.294 e. The lowest BCUT2D eigenvalue weighted by atomic mass is 10.0. The Labute approximate surface area is 78.2 Å². The molecule has 1 aromatic carbocycles. The molecule has 0 heterocycles. The highest BCUT2D eigenvalue weighted by Crippen LogP contribution is 2.19. The Morgan fingerprint density at radius 3 is 2.25 bits per heavy atom. The zero-order chi connectivity index (χ0) is 9.30. The van der Waals surface area contributed by atoms with Gasteiger partial charge in [0.05, 0.1) is 0 Å². The number of carbonyl (C=O) groups is 1. The van der Waals surface area contributed by atoms with Gasteiger partial charge < -0.3 is 0 Å². The summed E-state index contributed by atoms with van der Waals surface area (Å²) in [7, 11) is 0. The number of Topliss-reactive ketones (excluding diaryl/α,β-unsaturated/α-hetero) is 1. The van der Waals surface area contributed by atoms with E-state index in [0.29, 0.717) is 5.56 Å².